The van der Waals surface area contributed by atoms with Crippen LogP contribution < -0.4 is 5.32 Å². The van der Waals surface area contributed by atoms with Crippen molar-refractivity contribution in [3.8, 4) is 0 Å². The van der Waals surface area contributed by atoms with Crippen molar-refractivity contribution < 1.29 is 9.53 Å². The number of anilines is 1. The van der Waals surface area contributed by atoms with E-state index >= 15 is 0 Å². The number of hydrogen-bond acceptors (Lipinski definition) is 3. The average Bonchev–Trinajstić information content (AvgIpc) is 2.47. The molecule has 3 nitrogen and oxygen atoms in total. The van der Waals surface area contributed by atoms with Gasteiger partial charge in [-0.3, -0.25) is 0 Å². The molecule has 0 fully saturated rings. The quantitative estimate of drug-likeness (QED) is 0.810. The summed E-state index contributed by atoms with van der Waals surface area (Å²) < 4.78 is 5.12. The number of carbonyl (C=O) groups excluding carboxylic acids is 1. The van der Waals surface area contributed by atoms with Crippen LogP contribution in [-0.4, -0.2) is 12.6 Å². The molecule has 21 heavy (non-hydrogen) atoms. The summed E-state index contributed by atoms with van der Waals surface area (Å²) in [5.41, 5.74) is 1.30. The molecular weight excluding hydrogens is 309 g/mol. The van der Waals surface area contributed by atoms with Gasteiger partial charge in [-0.1, -0.05) is 47.5 Å². The van der Waals surface area contributed by atoms with Crippen molar-refractivity contribution in [2.45, 2.75) is 13.0 Å². The Morgan fingerprint density at radius 2 is 1.71 bits per heavy atom. The first kappa shape index (κ1) is 15.7. The van der Waals surface area contributed by atoms with Gasteiger partial charge in [-0.05, 0) is 31.2 Å². The number of benzene rings is 2. The van der Waals surface area contributed by atoms with E-state index < -0.39 is 12.0 Å². The van der Waals surface area contributed by atoms with E-state index in [9.17, 15) is 4.79 Å². The van der Waals surface area contributed by atoms with Crippen molar-refractivity contribution in [2.24, 2.45) is 0 Å². The molecule has 0 spiro atoms. The van der Waals surface area contributed by atoms with Gasteiger partial charge in [0.15, 0.2) is 6.04 Å². The highest BCUT2D eigenvalue weighted by atomic mass is 35.5. The Labute approximate surface area is 133 Å². The minimum Gasteiger partial charge on any atom is -0.464 e. The summed E-state index contributed by atoms with van der Waals surface area (Å²) in [7, 11) is 0. The van der Waals surface area contributed by atoms with Crippen molar-refractivity contribution in [1.82, 2.24) is 0 Å². The third-order valence-corrected chi connectivity index (χ3v) is 3.55. The first-order valence-corrected chi connectivity index (χ1v) is 7.31. The number of para-hydroxylation sites is 1. The third-order valence-electron chi connectivity index (χ3n) is 2.90. The normalized spacial score (nSPS) is 11.8. The highest BCUT2D eigenvalue weighted by molar-refractivity contribution is 6.36. The van der Waals surface area contributed by atoms with E-state index in [2.05, 4.69) is 5.32 Å². The molecule has 2 aromatic carbocycles. The summed E-state index contributed by atoms with van der Waals surface area (Å²) >= 11 is 12.4. The van der Waals surface area contributed by atoms with Gasteiger partial charge >= 0.3 is 5.97 Å². The predicted octanol–water partition coefficient (Wildman–Crippen LogP) is 4.71. The van der Waals surface area contributed by atoms with Crippen molar-refractivity contribution in [2.75, 3.05) is 11.9 Å². The standard InChI is InChI=1S/C16H15Cl2NO2/c1-2-21-16(20)15(19-11-7-4-3-5-8-11)14-12(17)9-6-10-13(14)18/h3-10,15,19H,2H2,1H3. The lowest BCUT2D eigenvalue weighted by Crippen LogP contribution is -2.24. The van der Waals surface area contributed by atoms with E-state index in [0.717, 1.165) is 5.69 Å². The second-order valence-corrected chi connectivity index (χ2v) is 5.15. The Bertz CT molecular complexity index is 597. The Hall–Kier alpha value is -1.71. The number of carbonyl (C=O) groups is 1. The number of nitrogens with one attached hydrogen (secondary N) is 1. The van der Waals surface area contributed by atoms with E-state index in [1.54, 1.807) is 25.1 Å². The van der Waals surface area contributed by atoms with Crippen LogP contribution in [0.15, 0.2) is 48.5 Å². The summed E-state index contributed by atoms with van der Waals surface area (Å²) in [5.74, 6) is -0.420. The summed E-state index contributed by atoms with van der Waals surface area (Å²) in [6.45, 7) is 2.04. The molecule has 1 N–H and O–H groups in total. The van der Waals surface area contributed by atoms with E-state index in [1.807, 2.05) is 30.3 Å². The van der Waals surface area contributed by atoms with Gasteiger partial charge in [0.2, 0.25) is 0 Å². The first-order chi connectivity index (χ1) is 10.1. The fraction of sp³-hybridized carbons (Fsp3) is 0.188. The fourth-order valence-electron chi connectivity index (χ4n) is 1.96. The molecule has 0 aliphatic rings. The highest BCUT2D eigenvalue weighted by Gasteiger charge is 2.26. The highest BCUT2D eigenvalue weighted by Crippen LogP contribution is 2.33. The van der Waals surface area contributed by atoms with Crippen LogP contribution in [0.5, 0.6) is 0 Å². The smallest absolute Gasteiger partial charge is 0.333 e. The maximum Gasteiger partial charge on any atom is 0.333 e. The average molecular weight is 324 g/mol. The number of ether oxygens (including phenoxy) is 1. The van der Waals surface area contributed by atoms with Crippen LogP contribution in [0.1, 0.15) is 18.5 Å². The van der Waals surface area contributed by atoms with Crippen LogP contribution in [0.3, 0.4) is 0 Å². The third kappa shape index (κ3) is 3.90. The lowest BCUT2D eigenvalue weighted by atomic mass is 10.1. The van der Waals surface area contributed by atoms with Gasteiger partial charge in [-0.15, -0.1) is 0 Å². The molecule has 0 saturated carbocycles. The zero-order valence-corrected chi connectivity index (χ0v) is 13.0. The maximum absolute atomic E-state index is 12.3. The maximum atomic E-state index is 12.3. The van der Waals surface area contributed by atoms with Gasteiger partial charge in [-0.25, -0.2) is 4.79 Å². The lowest BCUT2D eigenvalue weighted by Gasteiger charge is -2.20. The van der Waals surface area contributed by atoms with E-state index in [-0.39, 0.29) is 6.61 Å². The van der Waals surface area contributed by atoms with Crippen LogP contribution >= 0.6 is 23.2 Å². The molecule has 0 bridgehead atoms. The van der Waals surface area contributed by atoms with E-state index in [0.29, 0.717) is 15.6 Å². The number of hydrogen-bond donors (Lipinski definition) is 1. The molecule has 5 heteroatoms. The Morgan fingerprint density at radius 3 is 2.29 bits per heavy atom. The van der Waals surface area contributed by atoms with Gasteiger partial charge < -0.3 is 10.1 Å². The minimum absolute atomic E-state index is 0.286. The van der Waals surface area contributed by atoms with Crippen molar-refractivity contribution in [1.29, 1.82) is 0 Å². The molecule has 0 aliphatic carbocycles. The molecule has 0 radical (unpaired) electrons. The largest absolute Gasteiger partial charge is 0.464 e. The first-order valence-electron chi connectivity index (χ1n) is 6.55. The SMILES string of the molecule is CCOC(=O)C(Nc1ccccc1)c1c(Cl)cccc1Cl. The number of esters is 1. The number of halogens is 2. The second kappa shape index (κ2) is 7.34. The summed E-state index contributed by atoms with van der Waals surface area (Å²) in [4.78, 5) is 12.3. The lowest BCUT2D eigenvalue weighted by molar-refractivity contribution is -0.144. The molecule has 1 unspecified atom stereocenters. The van der Waals surface area contributed by atoms with E-state index in [4.69, 9.17) is 27.9 Å². The summed E-state index contributed by atoms with van der Waals surface area (Å²) in [6, 6.07) is 13.7. The monoisotopic (exact) mass is 323 g/mol. The summed E-state index contributed by atoms with van der Waals surface area (Å²) in [5, 5.41) is 3.96. The topological polar surface area (TPSA) is 38.3 Å². The van der Waals surface area contributed by atoms with Gasteiger partial charge in [0, 0.05) is 21.3 Å². The fourth-order valence-corrected chi connectivity index (χ4v) is 2.58. The van der Waals surface area contributed by atoms with Crippen molar-refractivity contribution in [3.05, 3.63) is 64.1 Å². The molecule has 0 heterocycles. The van der Waals surface area contributed by atoms with Crippen molar-refractivity contribution >= 4 is 34.9 Å². The Kier molecular flexibility index (Phi) is 5.48. The van der Waals surface area contributed by atoms with Crippen LogP contribution in [0, 0.1) is 0 Å². The van der Waals surface area contributed by atoms with E-state index in [1.165, 1.54) is 0 Å². The van der Waals surface area contributed by atoms with Crippen LogP contribution in [-0.2, 0) is 9.53 Å². The van der Waals surface area contributed by atoms with Gasteiger partial charge in [0.25, 0.3) is 0 Å². The molecular formula is C16H15Cl2NO2. The minimum atomic E-state index is -0.756. The molecule has 0 saturated heterocycles. The molecule has 110 valence electrons. The van der Waals surface area contributed by atoms with Crippen LogP contribution in [0.25, 0.3) is 0 Å². The summed E-state index contributed by atoms with van der Waals surface area (Å²) in [6.07, 6.45) is 0. The molecule has 2 rings (SSSR count). The molecule has 0 aliphatic heterocycles. The Balaban J connectivity index is 2.39. The molecule has 2 aromatic rings. The van der Waals surface area contributed by atoms with Gasteiger partial charge in [0.05, 0.1) is 6.61 Å². The second-order valence-electron chi connectivity index (χ2n) is 4.33. The van der Waals surface area contributed by atoms with Gasteiger partial charge in [-0.2, -0.15) is 0 Å². The predicted molar refractivity (Wildman–Crippen MR) is 85.9 cm³/mol. The molecule has 1 atom stereocenters. The zero-order chi connectivity index (χ0) is 15.2. The Morgan fingerprint density at radius 1 is 1.10 bits per heavy atom. The van der Waals surface area contributed by atoms with Crippen LogP contribution in [0.4, 0.5) is 5.69 Å². The van der Waals surface area contributed by atoms with Crippen molar-refractivity contribution in [3.63, 3.8) is 0 Å². The van der Waals surface area contributed by atoms with Gasteiger partial charge in [0.1, 0.15) is 0 Å². The van der Waals surface area contributed by atoms with Crippen LogP contribution in [0.2, 0.25) is 10.0 Å². The molecule has 0 aromatic heterocycles. The number of rotatable bonds is 5. The zero-order valence-electron chi connectivity index (χ0n) is 11.5. The molecule has 0 amide bonds.